The topological polar surface area (TPSA) is 50.4 Å². The molecule has 4 heteroatoms. The summed E-state index contributed by atoms with van der Waals surface area (Å²) in [6, 6.07) is 0.350. The highest BCUT2D eigenvalue weighted by atomic mass is 16.5. The Balaban J connectivity index is 2.15. The molecular weight excluding hydrogens is 180 g/mol. The molecule has 1 amide bonds. The molecule has 1 saturated carbocycles. The Morgan fingerprint density at radius 1 is 1.57 bits per heavy atom. The Kier molecular flexibility index (Phi) is 4.90. The van der Waals surface area contributed by atoms with E-state index in [1.54, 1.807) is 7.11 Å². The van der Waals surface area contributed by atoms with Gasteiger partial charge in [-0.05, 0) is 25.7 Å². The van der Waals surface area contributed by atoms with Crippen LogP contribution in [0.5, 0.6) is 0 Å². The molecular formula is C10H20N2O2. The lowest BCUT2D eigenvalue weighted by molar-refractivity contribution is -0.120. The Labute approximate surface area is 85.4 Å². The summed E-state index contributed by atoms with van der Waals surface area (Å²) in [6.07, 6.45) is 2.52. The zero-order chi connectivity index (χ0) is 10.4. The zero-order valence-corrected chi connectivity index (χ0v) is 9.01. The number of amides is 1. The molecule has 1 rings (SSSR count). The molecule has 82 valence electrons. The van der Waals surface area contributed by atoms with Crippen LogP contribution in [0.15, 0.2) is 0 Å². The number of ether oxygens (including phenoxy) is 1. The van der Waals surface area contributed by atoms with E-state index in [9.17, 15) is 4.79 Å². The minimum absolute atomic E-state index is 0.0641. The van der Waals surface area contributed by atoms with Gasteiger partial charge in [-0.1, -0.05) is 0 Å². The molecule has 1 aliphatic rings. The monoisotopic (exact) mass is 200 g/mol. The SMILES string of the molecule is CCNC(=O)CNC(COC)C1CC1. The van der Waals surface area contributed by atoms with Crippen molar-refractivity contribution >= 4 is 5.91 Å². The largest absolute Gasteiger partial charge is 0.383 e. The zero-order valence-electron chi connectivity index (χ0n) is 9.01. The summed E-state index contributed by atoms with van der Waals surface area (Å²) in [5.74, 6) is 0.777. The highest BCUT2D eigenvalue weighted by molar-refractivity contribution is 5.77. The van der Waals surface area contributed by atoms with Crippen LogP contribution in [0.4, 0.5) is 0 Å². The van der Waals surface area contributed by atoms with Gasteiger partial charge in [0.25, 0.3) is 0 Å². The smallest absolute Gasteiger partial charge is 0.233 e. The van der Waals surface area contributed by atoms with Crippen molar-refractivity contribution in [3.05, 3.63) is 0 Å². The van der Waals surface area contributed by atoms with Crippen LogP contribution in [0.1, 0.15) is 19.8 Å². The molecule has 0 spiro atoms. The lowest BCUT2D eigenvalue weighted by Gasteiger charge is -2.16. The predicted octanol–water partition coefficient (Wildman–Crippen LogP) is 0.137. The predicted molar refractivity (Wildman–Crippen MR) is 55.1 cm³/mol. The number of nitrogens with one attached hydrogen (secondary N) is 2. The van der Waals surface area contributed by atoms with Gasteiger partial charge in [0, 0.05) is 19.7 Å². The first-order chi connectivity index (χ1) is 6.77. The molecule has 0 saturated heterocycles. The van der Waals surface area contributed by atoms with Crippen molar-refractivity contribution in [1.29, 1.82) is 0 Å². The van der Waals surface area contributed by atoms with E-state index in [0.29, 0.717) is 31.7 Å². The van der Waals surface area contributed by atoms with Crippen molar-refractivity contribution in [2.45, 2.75) is 25.8 Å². The number of rotatable bonds is 7. The van der Waals surface area contributed by atoms with Gasteiger partial charge in [-0.15, -0.1) is 0 Å². The number of hydrogen-bond acceptors (Lipinski definition) is 3. The molecule has 1 unspecified atom stereocenters. The lowest BCUT2D eigenvalue weighted by Crippen LogP contribution is -2.42. The first kappa shape index (κ1) is 11.5. The van der Waals surface area contributed by atoms with Crippen LogP contribution >= 0.6 is 0 Å². The fourth-order valence-corrected chi connectivity index (χ4v) is 1.52. The van der Waals surface area contributed by atoms with Crippen molar-refractivity contribution < 1.29 is 9.53 Å². The first-order valence-corrected chi connectivity index (χ1v) is 5.27. The highest BCUT2D eigenvalue weighted by Gasteiger charge is 2.30. The molecule has 0 aliphatic heterocycles. The molecule has 14 heavy (non-hydrogen) atoms. The van der Waals surface area contributed by atoms with E-state index in [-0.39, 0.29) is 5.91 Å². The summed E-state index contributed by atoms with van der Waals surface area (Å²) in [7, 11) is 1.70. The lowest BCUT2D eigenvalue weighted by atomic mass is 10.2. The summed E-state index contributed by atoms with van der Waals surface area (Å²) in [6.45, 7) is 3.72. The summed E-state index contributed by atoms with van der Waals surface area (Å²) in [5.41, 5.74) is 0. The second kappa shape index (κ2) is 5.98. The van der Waals surface area contributed by atoms with Crippen molar-refractivity contribution in [2.24, 2.45) is 5.92 Å². The minimum Gasteiger partial charge on any atom is -0.383 e. The normalized spacial score (nSPS) is 17.9. The quantitative estimate of drug-likeness (QED) is 0.614. The van der Waals surface area contributed by atoms with Gasteiger partial charge in [-0.2, -0.15) is 0 Å². The summed E-state index contributed by atoms with van der Waals surface area (Å²) in [5, 5.41) is 5.99. The van der Waals surface area contributed by atoms with Crippen LogP contribution in [0, 0.1) is 5.92 Å². The van der Waals surface area contributed by atoms with Crippen LogP contribution in [-0.2, 0) is 9.53 Å². The van der Waals surface area contributed by atoms with E-state index in [1.807, 2.05) is 6.92 Å². The second-order valence-corrected chi connectivity index (χ2v) is 3.73. The van der Waals surface area contributed by atoms with Gasteiger partial charge in [0.1, 0.15) is 0 Å². The molecule has 0 aromatic rings. The molecule has 2 N–H and O–H groups in total. The van der Waals surface area contributed by atoms with Crippen LogP contribution in [-0.4, -0.2) is 38.8 Å². The fraction of sp³-hybridized carbons (Fsp3) is 0.900. The Hall–Kier alpha value is -0.610. The molecule has 0 aromatic carbocycles. The molecule has 0 aromatic heterocycles. The van der Waals surface area contributed by atoms with Crippen LogP contribution in [0.3, 0.4) is 0 Å². The van der Waals surface area contributed by atoms with E-state index in [4.69, 9.17) is 4.74 Å². The van der Waals surface area contributed by atoms with Gasteiger partial charge < -0.3 is 15.4 Å². The van der Waals surface area contributed by atoms with Gasteiger partial charge in [0.2, 0.25) is 5.91 Å². The van der Waals surface area contributed by atoms with E-state index >= 15 is 0 Å². The van der Waals surface area contributed by atoms with Gasteiger partial charge in [-0.3, -0.25) is 4.79 Å². The molecule has 1 aliphatic carbocycles. The highest BCUT2D eigenvalue weighted by Crippen LogP contribution is 2.32. The maximum atomic E-state index is 11.2. The minimum atomic E-state index is 0.0641. The number of methoxy groups -OCH3 is 1. The molecule has 0 heterocycles. The first-order valence-electron chi connectivity index (χ1n) is 5.27. The molecule has 0 radical (unpaired) electrons. The van der Waals surface area contributed by atoms with E-state index in [1.165, 1.54) is 12.8 Å². The third kappa shape index (κ3) is 4.07. The van der Waals surface area contributed by atoms with Gasteiger partial charge in [-0.25, -0.2) is 0 Å². The van der Waals surface area contributed by atoms with Gasteiger partial charge in [0.05, 0.1) is 13.2 Å². The van der Waals surface area contributed by atoms with Gasteiger partial charge in [0.15, 0.2) is 0 Å². The molecule has 1 fully saturated rings. The van der Waals surface area contributed by atoms with E-state index in [2.05, 4.69) is 10.6 Å². The van der Waals surface area contributed by atoms with Crippen LogP contribution in [0.25, 0.3) is 0 Å². The summed E-state index contributed by atoms with van der Waals surface area (Å²) < 4.78 is 5.10. The number of likely N-dealkylation sites (N-methyl/N-ethyl adjacent to an activating group) is 1. The van der Waals surface area contributed by atoms with Crippen LogP contribution < -0.4 is 10.6 Å². The van der Waals surface area contributed by atoms with Crippen molar-refractivity contribution in [1.82, 2.24) is 10.6 Å². The maximum Gasteiger partial charge on any atom is 0.233 e. The average Bonchev–Trinajstić information content (AvgIpc) is 2.96. The summed E-state index contributed by atoms with van der Waals surface area (Å²) >= 11 is 0. The third-order valence-electron chi connectivity index (χ3n) is 2.44. The molecule has 1 atom stereocenters. The third-order valence-corrected chi connectivity index (χ3v) is 2.44. The number of carbonyl (C=O) groups is 1. The summed E-state index contributed by atoms with van der Waals surface area (Å²) in [4.78, 5) is 11.2. The number of hydrogen-bond donors (Lipinski definition) is 2. The van der Waals surface area contributed by atoms with Crippen molar-refractivity contribution in [3.8, 4) is 0 Å². The van der Waals surface area contributed by atoms with Gasteiger partial charge >= 0.3 is 0 Å². The van der Waals surface area contributed by atoms with E-state index in [0.717, 1.165) is 0 Å². The van der Waals surface area contributed by atoms with Crippen molar-refractivity contribution in [2.75, 3.05) is 26.8 Å². The van der Waals surface area contributed by atoms with E-state index < -0.39 is 0 Å². The van der Waals surface area contributed by atoms with Crippen molar-refractivity contribution in [3.63, 3.8) is 0 Å². The Morgan fingerprint density at radius 2 is 2.29 bits per heavy atom. The molecule has 4 nitrogen and oxygen atoms in total. The average molecular weight is 200 g/mol. The Morgan fingerprint density at radius 3 is 2.79 bits per heavy atom. The second-order valence-electron chi connectivity index (χ2n) is 3.73. The fourth-order valence-electron chi connectivity index (χ4n) is 1.52. The molecule has 0 bridgehead atoms. The number of carbonyl (C=O) groups excluding carboxylic acids is 1. The maximum absolute atomic E-state index is 11.2. The standard InChI is InChI=1S/C10H20N2O2/c1-3-11-10(13)6-12-9(7-14-2)8-4-5-8/h8-9,12H,3-7H2,1-2H3,(H,11,13). The Bertz CT molecular complexity index is 181. The van der Waals surface area contributed by atoms with Crippen LogP contribution in [0.2, 0.25) is 0 Å².